The highest BCUT2D eigenvalue weighted by molar-refractivity contribution is 5.95. The minimum absolute atomic E-state index is 0.0154. The second-order valence-electron chi connectivity index (χ2n) is 6.96. The second-order valence-corrected chi connectivity index (χ2v) is 6.96. The number of hydrogen-bond donors (Lipinski definition) is 1. The predicted octanol–water partition coefficient (Wildman–Crippen LogP) is 1.93. The van der Waals surface area contributed by atoms with Crippen molar-refractivity contribution in [3.8, 4) is 0 Å². The summed E-state index contributed by atoms with van der Waals surface area (Å²) in [7, 11) is 0. The Labute approximate surface area is 160 Å². The van der Waals surface area contributed by atoms with Gasteiger partial charge >= 0.3 is 0 Å². The Hall–Kier alpha value is -2.54. The van der Waals surface area contributed by atoms with Crippen LogP contribution in [0.1, 0.15) is 41.5 Å². The van der Waals surface area contributed by atoms with E-state index in [1.807, 2.05) is 30.0 Å². The van der Waals surface area contributed by atoms with Crippen molar-refractivity contribution in [1.82, 2.24) is 24.8 Å². The van der Waals surface area contributed by atoms with Crippen LogP contribution in [0.3, 0.4) is 0 Å². The average Bonchev–Trinajstić information content (AvgIpc) is 2.69. The van der Waals surface area contributed by atoms with E-state index >= 15 is 0 Å². The second kappa shape index (κ2) is 8.90. The normalized spacial score (nSPS) is 15.6. The minimum atomic E-state index is -0.0154. The first-order valence-corrected chi connectivity index (χ1v) is 9.60. The molecule has 0 bridgehead atoms. The number of pyridine rings is 1. The number of amides is 1. The van der Waals surface area contributed by atoms with Gasteiger partial charge in [-0.15, -0.1) is 0 Å². The molecule has 0 aromatic carbocycles. The molecule has 1 amide bonds. The van der Waals surface area contributed by atoms with Crippen molar-refractivity contribution in [2.24, 2.45) is 0 Å². The van der Waals surface area contributed by atoms with Crippen LogP contribution in [0.2, 0.25) is 0 Å². The zero-order chi connectivity index (χ0) is 19.2. The summed E-state index contributed by atoms with van der Waals surface area (Å²) in [6.45, 7) is 7.72. The maximum absolute atomic E-state index is 13.3. The number of nitrogens with two attached hydrogens (primary N) is 1. The monoisotopic (exact) mass is 368 g/mol. The number of likely N-dealkylation sites (tertiary alicyclic amines) is 1. The van der Waals surface area contributed by atoms with Crippen LogP contribution in [0.4, 0.5) is 5.95 Å². The van der Waals surface area contributed by atoms with Gasteiger partial charge in [-0.1, -0.05) is 13.0 Å². The molecule has 2 aromatic rings. The topological polar surface area (TPSA) is 88.2 Å². The maximum Gasteiger partial charge on any atom is 0.257 e. The molecule has 1 fully saturated rings. The van der Waals surface area contributed by atoms with E-state index < -0.39 is 0 Å². The van der Waals surface area contributed by atoms with Gasteiger partial charge in [0.25, 0.3) is 5.91 Å². The van der Waals surface area contributed by atoms with E-state index in [0.717, 1.165) is 44.6 Å². The van der Waals surface area contributed by atoms with Crippen molar-refractivity contribution < 1.29 is 4.79 Å². The lowest BCUT2D eigenvalue weighted by Crippen LogP contribution is -2.48. The summed E-state index contributed by atoms with van der Waals surface area (Å²) in [4.78, 5) is 30.3. The Morgan fingerprint density at radius 2 is 2.07 bits per heavy atom. The summed E-state index contributed by atoms with van der Waals surface area (Å²) in [5, 5.41) is 0. The molecule has 1 aliphatic rings. The van der Waals surface area contributed by atoms with Gasteiger partial charge in [0.2, 0.25) is 5.95 Å². The van der Waals surface area contributed by atoms with Gasteiger partial charge < -0.3 is 15.5 Å². The first kappa shape index (κ1) is 19.2. The molecule has 1 aliphatic heterocycles. The van der Waals surface area contributed by atoms with E-state index in [2.05, 4.69) is 26.8 Å². The fraction of sp³-hybridized carbons (Fsp3) is 0.500. The molecule has 0 atom stereocenters. The molecule has 7 nitrogen and oxygen atoms in total. The standard InChI is InChI=1S/C20H28N6O/c1-3-25-11-8-17(9-12-25)26(13-7-16-6-4-5-10-22-16)19(27)18-14-23-20(21)24-15(18)2/h4-6,10,14,17H,3,7-9,11-13H2,1-2H3,(H2,21,23,24). The molecule has 0 saturated carbocycles. The zero-order valence-electron chi connectivity index (χ0n) is 16.1. The molecule has 2 aromatic heterocycles. The highest BCUT2D eigenvalue weighted by Gasteiger charge is 2.29. The van der Waals surface area contributed by atoms with Gasteiger partial charge in [-0.2, -0.15) is 0 Å². The molecule has 0 unspecified atom stereocenters. The Balaban J connectivity index is 1.79. The summed E-state index contributed by atoms with van der Waals surface area (Å²) in [6.07, 6.45) is 6.04. The van der Waals surface area contributed by atoms with Crippen molar-refractivity contribution in [2.75, 3.05) is 31.9 Å². The van der Waals surface area contributed by atoms with Crippen LogP contribution in [0.15, 0.2) is 30.6 Å². The van der Waals surface area contributed by atoms with Gasteiger partial charge in [0, 0.05) is 50.2 Å². The Morgan fingerprint density at radius 3 is 2.70 bits per heavy atom. The fourth-order valence-electron chi connectivity index (χ4n) is 3.63. The first-order chi connectivity index (χ1) is 13.1. The summed E-state index contributed by atoms with van der Waals surface area (Å²) >= 11 is 0. The van der Waals surface area contributed by atoms with Gasteiger partial charge in [-0.3, -0.25) is 9.78 Å². The molecule has 1 saturated heterocycles. The average molecular weight is 368 g/mol. The van der Waals surface area contributed by atoms with Crippen LogP contribution >= 0.6 is 0 Å². The van der Waals surface area contributed by atoms with Crippen molar-refractivity contribution in [1.29, 1.82) is 0 Å². The lowest BCUT2D eigenvalue weighted by molar-refractivity contribution is 0.0578. The summed E-state index contributed by atoms with van der Waals surface area (Å²) in [5.74, 6) is 0.179. The van der Waals surface area contributed by atoms with Crippen LogP contribution in [0.25, 0.3) is 0 Å². The molecule has 0 radical (unpaired) electrons. The third kappa shape index (κ3) is 4.80. The molecule has 2 N–H and O–H groups in total. The molecule has 3 heterocycles. The number of anilines is 1. The van der Waals surface area contributed by atoms with Crippen molar-refractivity contribution in [3.05, 3.63) is 47.5 Å². The molecule has 27 heavy (non-hydrogen) atoms. The zero-order valence-corrected chi connectivity index (χ0v) is 16.1. The number of nitrogen functional groups attached to an aromatic ring is 1. The third-order valence-electron chi connectivity index (χ3n) is 5.27. The Bertz CT molecular complexity index is 758. The lowest BCUT2D eigenvalue weighted by atomic mass is 10.0. The van der Waals surface area contributed by atoms with Crippen molar-refractivity contribution >= 4 is 11.9 Å². The molecular formula is C20H28N6O. The molecule has 0 aliphatic carbocycles. The quantitative estimate of drug-likeness (QED) is 0.838. The molecule has 0 spiro atoms. The number of rotatable bonds is 6. The molecule has 7 heteroatoms. The van der Waals surface area contributed by atoms with E-state index in [1.54, 1.807) is 12.4 Å². The number of carbonyl (C=O) groups is 1. The third-order valence-corrected chi connectivity index (χ3v) is 5.27. The smallest absolute Gasteiger partial charge is 0.257 e. The lowest BCUT2D eigenvalue weighted by Gasteiger charge is -2.38. The van der Waals surface area contributed by atoms with E-state index in [9.17, 15) is 4.79 Å². The molecule has 3 rings (SSSR count). The first-order valence-electron chi connectivity index (χ1n) is 9.60. The number of aromatic nitrogens is 3. The van der Waals surface area contributed by atoms with Crippen LogP contribution in [-0.4, -0.2) is 62.9 Å². The van der Waals surface area contributed by atoms with E-state index in [0.29, 0.717) is 17.8 Å². The fourth-order valence-corrected chi connectivity index (χ4v) is 3.63. The highest BCUT2D eigenvalue weighted by Crippen LogP contribution is 2.20. The number of carbonyl (C=O) groups excluding carboxylic acids is 1. The summed E-state index contributed by atoms with van der Waals surface area (Å²) < 4.78 is 0. The van der Waals surface area contributed by atoms with Gasteiger partial charge in [-0.05, 0) is 38.4 Å². The maximum atomic E-state index is 13.3. The Morgan fingerprint density at radius 1 is 1.30 bits per heavy atom. The van der Waals surface area contributed by atoms with Crippen LogP contribution < -0.4 is 5.73 Å². The largest absolute Gasteiger partial charge is 0.368 e. The van der Waals surface area contributed by atoms with Crippen molar-refractivity contribution in [3.63, 3.8) is 0 Å². The SMILES string of the molecule is CCN1CCC(N(CCc2ccccn2)C(=O)c2cnc(N)nc2C)CC1. The van der Waals surface area contributed by atoms with Gasteiger partial charge in [0.15, 0.2) is 0 Å². The molecular weight excluding hydrogens is 340 g/mol. The van der Waals surface area contributed by atoms with Gasteiger partial charge in [-0.25, -0.2) is 9.97 Å². The number of nitrogens with zero attached hydrogens (tertiary/aromatic N) is 5. The van der Waals surface area contributed by atoms with E-state index in [4.69, 9.17) is 5.73 Å². The summed E-state index contributed by atoms with van der Waals surface area (Å²) in [5.41, 5.74) is 7.80. The number of hydrogen-bond acceptors (Lipinski definition) is 6. The van der Waals surface area contributed by atoms with Gasteiger partial charge in [0.1, 0.15) is 0 Å². The van der Waals surface area contributed by atoms with E-state index in [-0.39, 0.29) is 17.9 Å². The predicted molar refractivity (Wildman–Crippen MR) is 105 cm³/mol. The van der Waals surface area contributed by atoms with E-state index in [1.165, 1.54) is 0 Å². The van der Waals surface area contributed by atoms with Crippen LogP contribution in [0.5, 0.6) is 0 Å². The highest BCUT2D eigenvalue weighted by atomic mass is 16.2. The number of piperidine rings is 1. The van der Waals surface area contributed by atoms with Crippen molar-refractivity contribution in [2.45, 2.75) is 39.2 Å². The van der Waals surface area contributed by atoms with Crippen LogP contribution in [0, 0.1) is 6.92 Å². The minimum Gasteiger partial charge on any atom is -0.368 e. The summed E-state index contributed by atoms with van der Waals surface area (Å²) in [6, 6.07) is 6.11. The Kier molecular flexibility index (Phi) is 6.34. The van der Waals surface area contributed by atoms with Gasteiger partial charge in [0.05, 0.1) is 11.3 Å². The van der Waals surface area contributed by atoms with Crippen LogP contribution in [-0.2, 0) is 6.42 Å². The molecule has 144 valence electrons. The number of aryl methyl sites for hydroxylation is 1.